The molecule has 0 unspecified atom stereocenters. The SMILES string of the molecule is Cc1noc(-c2ccccc2C(=O)N[C@H](C)c2ccc(Cl)c(Cl)c2)n1. The van der Waals surface area contributed by atoms with Crippen LogP contribution < -0.4 is 5.32 Å². The molecule has 0 radical (unpaired) electrons. The lowest BCUT2D eigenvalue weighted by atomic mass is 10.0. The second kappa shape index (κ2) is 7.25. The molecule has 5 nitrogen and oxygen atoms in total. The Kier molecular flexibility index (Phi) is 5.06. The number of carbonyl (C=O) groups excluding carboxylic acids is 1. The fourth-order valence-corrected chi connectivity index (χ4v) is 2.72. The van der Waals surface area contributed by atoms with Gasteiger partial charge in [0, 0.05) is 0 Å². The number of benzene rings is 2. The third-order valence-corrected chi connectivity index (χ3v) is 4.46. The molecule has 1 atom stereocenters. The highest BCUT2D eigenvalue weighted by Gasteiger charge is 2.19. The Morgan fingerprint density at radius 1 is 1.16 bits per heavy atom. The fourth-order valence-electron chi connectivity index (χ4n) is 2.41. The van der Waals surface area contributed by atoms with Crippen molar-refractivity contribution in [2.45, 2.75) is 19.9 Å². The van der Waals surface area contributed by atoms with Crippen molar-refractivity contribution in [3.05, 3.63) is 69.5 Å². The van der Waals surface area contributed by atoms with Crippen LogP contribution in [0, 0.1) is 6.92 Å². The zero-order valence-corrected chi connectivity index (χ0v) is 15.1. The third kappa shape index (κ3) is 3.83. The lowest BCUT2D eigenvalue weighted by Crippen LogP contribution is -2.27. The number of amides is 1. The van der Waals surface area contributed by atoms with E-state index >= 15 is 0 Å². The van der Waals surface area contributed by atoms with Crippen molar-refractivity contribution in [3.8, 4) is 11.5 Å². The Hall–Kier alpha value is -2.37. The largest absolute Gasteiger partial charge is 0.345 e. The first-order valence-electron chi connectivity index (χ1n) is 7.61. The van der Waals surface area contributed by atoms with E-state index in [0.29, 0.717) is 32.9 Å². The van der Waals surface area contributed by atoms with Gasteiger partial charge in [0.05, 0.1) is 27.2 Å². The van der Waals surface area contributed by atoms with Crippen LogP contribution in [0.1, 0.15) is 34.7 Å². The van der Waals surface area contributed by atoms with Gasteiger partial charge in [-0.3, -0.25) is 4.79 Å². The summed E-state index contributed by atoms with van der Waals surface area (Å²) in [5, 5.41) is 7.64. The van der Waals surface area contributed by atoms with Crippen LogP contribution in [0.25, 0.3) is 11.5 Å². The topological polar surface area (TPSA) is 68.0 Å². The van der Waals surface area contributed by atoms with Gasteiger partial charge in [-0.25, -0.2) is 0 Å². The van der Waals surface area contributed by atoms with Gasteiger partial charge in [-0.15, -0.1) is 0 Å². The molecule has 25 heavy (non-hydrogen) atoms. The number of nitrogens with one attached hydrogen (secondary N) is 1. The minimum absolute atomic E-state index is 0.245. The molecular weight excluding hydrogens is 361 g/mol. The van der Waals surface area contributed by atoms with Crippen LogP contribution in [0.5, 0.6) is 0 Å². The van der Waals surface area contributed by atoms with Crippen molar-refractivity contribution >= 4 is 29.1 Å². The van der Waals surface area contributed by atoms with E-state index in [4.69, 9.17) is 27.7 Å². The van der Waals surface area contributed by atoms with E-state index in [1.165, 1.54) is 0 Å². The Bertz CT molecular complexity index is 924. The van der Waals surface area contributed by atoms with E-state index in [0.717, 1.165) is 5.56 Å². The average Bonchev–Trinajstić information content (AvgIpc) is 3.03. The summed E-state index contributed by atoms with van der Waals surface area (Å²) in [5.41, 5.74) is 1.90. The van der Waals surface area contributed by atoms with Crippen LogP contribution in [0.4, 0.5) is 0 Å². The molecule has 3 rings (SSSR count). The molecule has 7 heteroatoms. The number of aromatic nitrogens is 2. The second-order valence-corrected chi connectivity index (χ2v) is 6.38. The van der Waals surface area contributed by atoms with Crippen molar-refractivity contribution in [1.82, 2.24) is 15.5 Å². The molecule has 0 saturated carbocycles. The summed E-state index contributed by atoms with van der Waals surface area (Å²) in [6, 6.07) is 12.1. The van der Waals surface area contributed by atoms with Gasteiger partial charge in [0.15, 0.2) is 5.82 Å². The van der Waals surface area contributed by atoms with Gasteiger partial charge in [-0.05, 0) is 43.7 Å². The van der Waals surface area contributed by atoms with Gasteiger partial charge in [0.1, 0.15) is 0 Å². The maximum Gasteiger partial charge on any atom is 0.258 e. The van der Waals surface area contributed by atoms with Gasteiger partial charge in [-0.1, -0.05) is 46.6 Å². The van der Waals surface area contributed by atoms with Crippen molar-refractivity contribution in [2.75, 3.05) is 0 Å². The Morgan fingerprint density at radius 3 is 2.60 bits per heavy atom. The van der Waals surface area contributed by atoms with Crippen molar-refractivity contribution in [1.29, 1.82) is 0 Å². The van der Waals surface area contributed by atoms with Crippen molar-refractivity contribution in [3.63, 3.8) is 0 Å². The zero-order valence-electron chi connectivity index (χ0n) is 13.6. The van der Waals surface area contributed by atoms with Gasteiger partial charge in [-0.2, -0.15) is 4.98 Å². The molecule has 1 N–H and O–H groups in total. The highest BCUT2D eigenvalue weighted by Crippen LogP contribution is 2.26. The van der Waals surface area contributed by atoms with E-state index < -0.39 is 0 Å². The van der Waals surface area contributed by atoms with Crippen LogP contribution in [-0.4, -0.2) is 16.0 Å². The highest BCUT2D eigenvalue weighted by molar-refractivity contribution is 6.42. The van der Waals surface area contributed by atoms with Gasteiger partial charge < -0.3 is 9.84 Å². The van der Waals surface area contributed by atoms with Gasteiger partial charge in [0.25, 0.3) is 11.8 Å². The van der Waals surface area contributed by atoms with Gasteiger partial charge in [0.2, 0.25) is 0 Å². The van der Waals surface area contributed by atoms with E-state index in [9.17, 15) is 4.79 Å². The predicted molar refractivity (Wildman–Crippen MR) is 96.8 cm³/mol. The molecule has 1 amide bonds. The van der Waals surface area contributed by atoms with Gasteiger partial charge >= 0.3 is 0 Å². The van der Waals surface area contributed by atoms with E-state index in [-0.39, 0.29) is 11.9 Å². The summed E-state index contributed by atoms with van der Waals surface area (Å²) in [6.07, 6.45) is 0. The van der Waals surface area contributed by atoms with Crippen molar-refractivity contribution in [2.24, 2.45) is 0 Å². The van der Waals surface area contributed by atoms with E-state index in [1.54, 1.807) is 37.3 Å². The molecule has 0 spiro atoms. The second-order valence-electron chi connectivity index (χ2n) is 5.56. The molecule has 0 fully saturated rings. The molecule has 1 heterocycles. The minimum Gasteiger partial charge on any atom is -0.345 e. The lowest BCUT2D eigenvalue weighted by Gasteiger charge is -2.16. The lowest BCUT2D eigenvalue weighted by molar-refractivity contribution is 0.0940. The Balaban J connectivity index is 1.85. The van der Waals surface area contributed by atoms with E-state index in [1.807, 2.05) is 19.1 Å². The first-order chi connectivity index (χ1) is 12.0. The fraction of sp³-hybridized carbons (Fsp3) is 0.167. The Labute approximate surface area is 155 Å². The van der Waals surface area contributed by atoms with Crippen LogP contribution in [0.2, 0.25) is 10.0 Å². The molecule has 2 aromatic carbocycles. The number of halogens is 2. The molecule has 0 bridgehead atoms. The highest BCUT2D eigenvalue weighted by atomic mass is 35.5. The summed E-state index contributed by atoms with van der Waals surface area (Å²) in [7, 11) is 0. The summed E-state index contributed by atoms with van der Waals surface area (Å²) >= 11 is 12.0. The average molecular weight is 376 g/mol. The molecular formula is C18H15Cl2N3O2. The zero-order chi connectivity index (χ0) is 18.0. The number of hydrogen-bond donors (Lipinski definition) is 1. The monoisotopic (exact) mass is 375 g/mol. The van der Waals surface area contributed by atoms with Crippen LogP contribution in [0.3, 0.4) is 0 Å². The molecule has 3 aromatic rings. The Morgan fingerprint density at radius 2 is 1.92 bits per heavy atom. The molecule has 1 aromatic heterocycles. The first-order valence-corrected chi connectivity index (χ1v) is 8.37. The maximum atomic E-state index is 12.7. The summed E-state index contributed by atoms with van der Waals surface area (Å²) in [4.78, 5) is 16.9. The summed E-state index contributed by atoms with van der Waals surface area (Å²) in [6.45, 7) is 3.60. The minimum atomic E-state index is -0.250. The number of nitrogens with zero attached hydrogens (tertiary/aromatic N) is 2. The van der Waals surface area contributed by atoms with E-state index in [2.05, 4.69) is 15.5 Å². The molecule has 0 aliphatic carbocycles. The normalized spacial score (nSPS) is 12.0. The summed E-state index contributed by atoms with van der Waals surface area (Å²) < 4.78 is 5.19. The quantitative estimate of drug-likeness (QED) is 0.707. The first kappa shape index (κ1) is 17.5. The molecule has 0 saturated heterocycles. The standard InChI is InChI=1S/C18H15Cl2N3O2/c1-10(12-7-8-15(19)16(20)9-12)21-17(24)13-5-3-4-6-14(13)18-22-11(2)23-25-18/h3-10H,1-2H3,(H,21,24)/t10-/m1/s1. The summed E-state index contributed by atoms with van der Waals surface area (Å²) in [5.74, 6) is 0.574. The van der Waals surface area contributed by atoms with Crippen LogP contribution in [0.15, 0.2) is 47.0 Å². The molecule has 128 valence electrons. The smallest absolute Gasteiger partial charge is 0.258 e. The van der Waals surface area contributed by atoms with Crippen molar-refractivity contribution < 1.29 is 9.32 Å². The predicted octanol–water partition coefficient (Wildman–Crippen LogP) is 4.84. The molecule has 0 aliphatic heterocycles. The number of rotatable bonds is 4. The third-order valence-electron chi connectivity index (χ3n) is 3.72. The van der Waals surface area contributed by atoms with Crippen LogP contribution in [-0.2, 0) is 0 Å². The number of carbonyl (C=O) groups is 1. The maximum absolute atomic E-state index is 12.7. The van der Waals surface area contributed by atoms with Crippen LogP contribution >= 0.6 is 23.2 Å². The number of aryl methyl sites for hydroxylation is 1. The number of hydrogen-bond acceptors (Lipinski definition) is 4. The molecule has 0 aliphatic rings.